The second kappa shape index (κ2) is 7.03. The minimum absolute atomic E-state index is 0.00443. The fraction of sp³-hybridized carbons (Fsp3) is 0.154. The summed E-state index contributed by atoms with van der Waals surface area (Å²) in [6.45, 7) is 0. The average Bonchev–Trinajstić information content (AvgIpc) is 2.47. The van der Waals surface area contributed by atoms with Crippen molar-refractivity contribution in [3.63, 3.8) is 0 Å². The lowest BCUT2D eigenvalue weighted by Crippen LogP contribution is -2.27. The van der Waals surface area contributed by atoms with Gasteiger partial charge in [0, 0.05) is 6.20 Å². The van der Waals surface area contributed by atoms with Crippen molar-refractivity contribution in [3.8, 4) is 0 Å². The van der Waals surface area contributed by atoms with Crippen LogP contribution in [-0.4, -0.2) is 24.6 Å². The van der Waals surface area contributed by atoms with Gasteiger partial charge in [-0.2, -0.15) is 0 Å². The van der Waals surface area contributed by atoms with Crippen LogP contribution < -0.4 is 5.32 Å². The minimum atomic E-state index is -4.76. The zero-order valence-electron chi connectivity index (χ0n) is 11.8. The van der Waals surface area contributed by atoms with Crippen LogP contribution in [0.25, 0.3) is 0 Å². The summed E-state index contributed by atoms with van der Waals surface area (Å²) in [6.07, 6.45) is 1.34. The van der Waals surface area contributed by atoms with E-state index in [4.69, 9.17) is 0 Å². The topological polar surface area (TPSA) is 140 Å². The molecule has 23 heavy (non-hydrogen) atoms. The zero-order valence-corrected chi connectivity index (χ0v) is 13.6. The maximum atomic E-state index is 11.8. The monoisotopic (exact) mass is 358 g/mol. The highest BCUT2D eigenvalue weighted by Gasteiger charge is 2.39. The lowest BCUT2D eigenvalue weighted by Gasteiger charge is -2.26. The third-order valence-electron chi connectivity index (χ3n) is 3.07. The van der Waals surface area contributed by atoms with E-state index >= 15 is 0 Å². The molecule has 124 valence electrons. The number of aromatic nitrogens is 1. The molecule has 2 atom stereocenters. The van der Waals surface area contributed by atoms with Gasteiger partial charge < -0.3 is 19.6 Å². The lowest BCUT2D eigenvalue weighted by molar-refractivity contribution is 0.325. The lowest BCUT2D eigenvalue weighted by atomic mass is 10.2. The Morgan fingerprint density at radius 2 is 1.39 bits per heavy atom. The molecule has 2 rings (SSSR count). The van der Waals surface area contributed by atoms with E-state index in [0.29, 0.717) is 0 Å². The summed E-state index contributed by atoms with van der Waals surface area (Å²) in [5.41, 5.74) is 0.213. The number of nitrogens with zero attached hydrogens (tertiary/aromatic N) is 1. The summed E-state index contributed by atoms with van der Waals surface area (Å²) >= 11 is 0. The predicted molar refractivity (Wildman–Crippen MR) is 83.4 cm³/mol. The van der Waals surface area contributed by atoms with Gasteiger partial charge in [0.1, 0.15) is 5.78 Å². The first-order chi connectivity index (χ1) is 10.7. The molecule has 10 heteroatoms. The molecule has 1 aromatic heterocycles. The number of hydrogen-bond donors (Lipinski definition) is 5. The van der Waals surface area contributed by atoms with Crippen molar-refractivity contribution in [1.29, 1.82) is 0 Å². The van der Waals surface area contributed by atoms with Crippen LogP contribution in [0.4, 0.5) is 0 Å². The molecule has 1 aromatic carbocycles. The molecule has 2 unspecified atom stereocenters. The summed E-state index contributed by atoms with van der Waals surface area (Å²) in [4.78, 5) is 42.1. The van der Waals surface area contributed by atoms with Gasteiger partial charge in [-0.1, -0.05) is 36.4 Å². The van der Waals surface area contributed by atoms with Crippen molar-refractivity contribution >= 4 is 15.2 Å². The first-order valence-corrected chi connectivity index (χ1v) is 9.88. The Bertz CT molecular complexity index is 667. The maximum absolute atomic E-state index is 11.8. The van der Waals surface area contributed by atoms with E-state index in [-0.39, 0.29) is 11.3 Å². The van der Waals surface area contributed by atoms with Crippen LogP contribution in [0.1, 0.15) is 22.8 Å². The Kier molecular flexibility index (Phi) is 5.49. The number of rotatable bonds is 6. The molecule has 0 saturated heterocycles. The SMILES string of the molecule is O=P(O)(O)C(NC(c1ccccn1)P(=O)(O)O)c1ccccc1. The summed E-state index contributed by atoms with van der Waals surface area (Å²) in [5, 5.41) is 2.38. The first kappa shape index (κ1) is 18.0. The van der Waals surface area contributed by atoms with Crippen LogP contribution in [0.5, 0.6) is 0 Å². The van der Waals surface area contributed by atoms with E-state index in [2.05, 4.69) is 10.3 Å². The third kappa shape index (κ3) is 4.80. The van der Waals surface area contributed by atoms with Gasteiger partial charge in [0.05, 0.1) is 5.69 Å². The first-order valence-electron chi connectivity index (χ1n) is 6.52. The van der Waals surface area contributed by atoms with E-state index in [1.54, 1.807) is 24.3 Å². The molecule has 5 N–H and O–H groups in total. The number of nitrogens with one attached hydrogen (secondary N) is 1. The van der Waals surface area contributed by atoms with Gasteiger partial charge in [0.15, 0.2) is 5.78 Å². The Labute approximate surface area is 132 Å². The maximum Gasteiger partial charge on any atom is 0.348 e. The molecular formula is C13H16N2O6P2. The smallest absolute Gasteiger partial charge is 0.323 e. The fourth-order valence-electron chi connectivity index (χ4n) is 2.06. The minimum Gasteiger partial charge on any atom is -0.323 e. The molecule has 0 spiro atoms. The Balaban J connectivity index is 2.44. The summed E-state index contributed by atoms with van der Waals surface area (Å²) in [5.74, 6) is -3.20. The van der Waals surface area contributed by atoms with Gasteiger partial charge in [0.25, 0.3) is 0 Å². The number of pyridine rings is 1. The van der Waals surface area contributed by atoms with E-state index in [9.17, 15) is 28.7 Å². The van der Waals surface area contributed by atoms with Crippen LogP contribution in [0.2, 0.25) is 0 Å². The number of benzene rings is 1. The highest BCUT2D eigenvalue weighted by molar-refractivity contribution is 7.53. The van der Waals surface area contributed by atoms with Crippen molar-refractivity contribution in [1.82, 2.24) is 10.3 Å². The quantitative estimate of drug-likeness (QED) is 0.492. The number of hydrogen-bond acceptors (Lipinski definition) is 4. The van der Waals surface area contributed by atoms with Crippen molar-refractivity contribution < 1.29 is 28.7 Å². The average molecular weight is 358 g/mol. The fourth-order valence-corrected chi connectivity index (χ4v) is 3.93. The molecule has 0 saturated carbocycles. The van der Waals surface area contributed by atoms with Crippen molar-refractivity contribution in [2.24, 2.45) is 0 Å². The molecule has 0 amide bonds. The van der Waals surface area contributed by atoms with E-state index < -0.39 is 26.8 Å². The van der Waals surface area contributed by atoms with Gasteiger partial charge in [0.2, 0.25) is 0 Å². The van der Waals surface area contributed by atoms with Gasteiger partial charge in [-0.05, 0) is 17.7 Å². The van der Waals surface area contributed by atoms with Crippen LogP contribution in [0, 0.1) is 0 Å². The van der Waals surface area contributed by atoms with Crippen LogP contribution >= 0.6 is 15.2 Å². The van der Waals surface area contributed by atoms with Crippen LogP contribution in [-0.2, 0) is 9.13 Å². The molecular weight excluding hydrogens is 342 g/mol. The molecule has 0 aliphatic heterocycles. The predicted octanol–water partition coefficient (Wildman–Crippen LogP) is 1.72. The van der Waals surface area contributed by atoms with Crippen molar-refractivity contribution in [3.05, 3.63) is 66.0 Å². The van der Waals surface area contributed by atoms with Gasteiger partial charge in [-0.15, -0.1) is 0 Å². The van der Waals surface area contributed by atoms with Crippen LogP contribution in [0.15, 0.2) is 54.7 Å². The summed E-state index contributed by atoms with van der Waals surface area (Å²) in [7, 11) is -9.48. The summed E-state index contributed by atoms with van der Waals surface area (Å²) < 4.78 is 23.5. The Morgan fingerprint density at radius 1 is 0.826 bits per heavy atom. The molecule has 0 radical (unpaired) electrons. The van der Waals surface area contributed by atoms with E-state index in [1.165, 1.54) is 30.5 Å². The molecule has 0 fully saturated rings. The molecule has 1 heterocycles. The van der Waals surface area contributed by atoms with E-state index in [0.717, 1.165) is 0 Å². The summed E-state index contributed by atoms with van der Waals surface area (Å²) in [6, 6.07) is 12.2. The zero-order chi connectivity index (χ0) is 17.1. The third-order valence-corrected chi connectivity index (χ3v) is 5.28. The van der Waals surface area contributed by atoms with Crippen molar-refractivity contribution in [2.45, 2.75) is 11.6 Å². The largest absolute Gasteiger partial charge is 0.348 e. The molecule has 8 nitrogen and oxygen atoms in total. The van der Waals surface area contributed by atoms with E-state index in [1.807, 2.05) is 0 Å². The van der Waals surface area contributed by atoms with Gasteiger partial charge >= 0.3 is 15.2 Å². The standard InChI is InChI=1S/C13H16N2O6P2/c16-22(17,18)12(10-6-2-1-3-7-10)15-13(23(19,20)21)11-8-4-5-9-14-11/h1-9,12-13,15H,(H2,16,17,18)(H2,19,20,21). The Hall–Kier alpha value is -1.37. The second-order valence-corrected chi connectivity index (χ2v) is 8.20. The Morgan fingerprint density at radius 3 is 1.87 bits per heavy atom. The molecule has 0 aliphatic rings. The highest BCUT2D eigenvalue weighted by Crippen LogP contribution is 2.56. The van der Waals surface area contributed by atoms with Gasteiger partial charge in [-0.3, -0.25) is 19.4 Å². The van der Waals surface area contributed by atoms with Crippen LogP contribution in [0.3, 0.4) is 0 Å². The molecule has 0 aliphatic carbocycles. The van der Waals surface area contributed by atoms with Crippen molar-refractivity contribution in [2.75, 3.05) is 0 Å². The van der Waals surface area contributed by atoms with Gasteiger partial charge in [-0.25, -0.2) is 0 Å². The highest BCUT2D eigenvalue weighted by atomic mass is 31.2. The molecule has 0 bridgehead atoms. The molecule has 2 aromatic rings. The normalized spacial score (nSPS) is 15.1. The second-order valence-electron chi connectivity index (χ2n) is 4.82.